The summed E-state index contributed by atoms with van der Waals surface area (Å²) >= 11 is 1.58. The van der Waals surface area contributed by atoms with Gasteiger partial charge in [-0.3, -0.25) is 10.1 Å². The molecular formula is C11H15NO3S. The Morgan fingerprint density at radius 1 is 1.56 bits per heavy atom. The molecule has 1 aliphatic heterocycles. The summed E-state index contributed by atoms with van der Waals surface area (Å²) in [5.74, 6) is 0.816. The number of carbonyl (C=O) groups is 1. The highest BCUT2D eigenvalue weighted by atomic mass is 32.2. The van der Waals surface area contributed by atoms with Crippen LogP contribution in [0.4, 0.5) is 0 Å². The third-order valence-corrected chi connectivity index (χ3v) is 4.15. The molecule has 0 aromatic carbocycles. The molecular weight excluding hydrogens is 226 g/mol. The molecule has 2 N–H and O–H groups in total. The lowest BCUT2D eigenvalue weighted by Crippen LogP contribution is -2.43. The van der Waals surface area contributed by atoms with Crippen LogP contribution in [0.5, 0.6) is 0 Å². The first-order valence-corrected chi connectivity index (χ1v) is 6.01. The number of thioether (sulfide) groups is 1. The number of aryl methyl sites for hydroxylation is 1. The molecule has 5 heteroatoms. The van der Waals surface area contributed by atoms with Crippen molar-refractivity contribution in [1.82, 2.24) is 5.32 Å². The Kier molecular flexibility index (Phi) is 2.75. The first kappa shape index (κ1) is 11.5. The van der Waals surface area contributed by atoms with Crippen molar-refractivity contribution in [2.24, 2.45) is 0 Å². The van der Waals surface area contributed by atoms with Gasteiger partial charge in [-0.05, 0) is 32.9 Å². The Labute approximate surface area is 98.4 Å². The SMILES string of the molecule is Cc1ccc([C@@H]2N[C@H](C(=O)O)C(C)(C)S2)o1. The summed E-state index contributed by atoms with van der Waals surface area (Å²) in [5.41, 5.74) is 0. The summed E-state index contributed by atoms with van der Waals surface area (Å²) in [5, 5.41) is 12.1. The molecule has 0 saturated carbocycles. The number of nitrogens with one attached hydrogen (secondary N) is 1. The van der Waals surface area contributed by atoms with Crippen LogP contribution in [0.3, 0.4) is 0 Å². The van der Waals surface area contributed by atoms with Crippen molar-refractivity contribution < 1.29 is 14.3 Å². The van der Waals surface area contributed by atoms with E-state index in [4.69, 9.17) is 9.52 Å². The first-order chi connectivity index (χ1) is 7.40. The number of hydrogen-bond donors (Lipinski definition) is 2. The molecule has 1 aliphatic rings. The van der Waals surface area contributed by atoms with Crippen molar-refractivity contribution in [2.75, 3.05) is 0 Å². The average molecular weight is 241 g/mol. The Morgan fingerprint density at radius 2 is 2.25 bits per heavy atom. The summed E-state index contributed by atoms with van der Waals surface area (Å²) in [6.45, 7) is 5.74. The maximum absolute atomic E-state index is 11.1. The maximum Gasteiger partial charge on any atom is 0.322 e. The molecule has 2 heterocycles. The monoisotopic (exact) mass is 241 g/mol. The minimum atomic E-state index is -0.816. The van der Waals surface area contributed by atoms with E-state index in [1.54, 1.807) is 11.8 Å². The van der Waals surface area contributed by atoms with E-state index in [0.29, 0.717) is 0 Å². The molecule has 1 aromatic heterocycles. The quantitative estimate of drug-likeness (QED) is 0.830. The van der Waals surface area contributed by atoms with Gasteiger partial charge in [-0.15, -0.1) is 11.8 Å². The molecule has 2 atom stereocenters. The van der Waals surface area contributed by atoms with E-state index in [0.717, 1.165) is 11.5 Å². The fourth-order valence-corrected chi connectivity index (χ4v) is 3.22. The van der Waals surface area contributed by atoms with Gasteiger partial charge in [0.05, 0.1) is 0 Å². The van der Waals surface area contributed by atoms with Crippen LogP contribution >= 0.6 is 11.8 Å². The molecule has 1 saturated heterocycles. The molecule has 0 amide bonds. The zero-order valence-electron chi connectivity index (χ0n) is 9.48. The fourth-order valence-electron chi connectivity index (χ4n) is 1.86. The van der Waals surface area contributed by atoms with E-state index in [1.807, 2.05) is 32.9 Å². The zero-order chi connectivity index (χ0) is 11.9. The lowest BCUT2D eigenvalue weighted by molar-refractivity contribution is -0.139. The van der Waals surface area contributed by atoms with Gasteiger partial charge in [0, 0.05) is 4.75 Å². The van der Waals surface area contributed by atoms with Gasteiger partial charge in [0.1, 0.15) is 22.9 Å². The van der Waals surface area contributed by atoms with Gasteiger partial charge in [0.2, 0.25) is 0 Å². The van der Waals surface area contributed by atoms with Crippen molar-refractivity contribution in [3.63, 3.8) is 0 Å². The standard InChI is InChI=1S/C11H15NO3S/c1-6-4-5-7(15-6)9-12-8(10(13)14)11(2,3)16-9/h4-5,8-9,12H,1-3H3,(H,13,14)/t8-,9-/m1/s1. The highest BCUT2D eigenvalue weighted by molar-refractivity contribution is 8.01. The summed E-state index contributed by atoms with van der Waals surface area (Å²) in [7, 11) is 0. The molecule has 16 heavy (non-hydrogen) atoms. The van der Waals surface area contributed by atoms with Crippen LogP contribution in [-0.4, -0.2) is 21.9 Å². The summed E-state index contributed by atoms with van der Waals surface area (Å²) in [6, 6.07) is 3.23. The van der Waals surface area contributed by atoms with Crippen LogP contribution in [0.25, 0.3) is 0 Å². The van der Waals surface area contributed by atoms with Gasteiger partial charge in [-0.2, -0.15) is 0 Å². The Morgan fingerprint density at radius 3 is 2.69 bits per heavy atom. The van der Waals surface area contributed by atoms with Crippen LogP contribution in [0.2, 0.25) is 0 Å². The second-order valence-corrected chi connectivity index (χ2v) is 6.25. The summed E-state index contributed by atoms with van der Waals surface area (Å²) in [6.07, 6.45) is 0. The smallest absolute Gasteiger partial charge is 0.322 e. The van der Waals surface area contributed by atoms with Crippen LogP contribution < -0.4 is 5.32 Å². The third kappa shape index (κ3) is 1.97. The Balaban J connectivity index is 2.20. The van der Waals surface area contributed by atoms with Crippen molar-refractivity contribution in [1.29, 1.82) is 0 Å². The van der Waals surface area contributed by atoms with Crippen molar-refractivity contribution in [3.05, 3.63) is 23.7 Å². The molecule has 4 nitrogen and oxygen atoms in total. The molecule has 1 fully saturated rings. The molecule has 88 valence electrons. The van der Waals surface area contributed by atoms with Crippen molar-refractivity contribution >= 4 is 17.7 Å². The van der Waals surface area contributed by atoms with Gasteiger partial charge in [-0.25, -0.2) is 0 Å². The lowest BCUT2D eigenvalue weighted by Gasteiger charge is -2.20. The van der Waals surface area contributed by atoms with Crippen molar-refractivity contribution in [3.8, 4) is 0 Å². The minimum absolute atomic E-state index is 0.0789. The largest absolute Gasteiger partial charge is 0.480 e. The normalized spacial score (nSPS) is 28.2. The van der Waals surface area contributed by atoms with Crippen LogP contribution in [0.15, 0.2) is 16.5 Å². The lowest BCUT2D eigenvalue weighted by atomic mass is 10.0. The predicted octanol–water partition coefficient (Wildman–Crippen LogP) is 2.15. The van der Waals surface area contributed by atoms with E-state index in [9.17, 15) is 4.79 Å². The number of carboxylic acid groups (broad SMARTS) is 1. The van der Waals surface area contributed by atoms with Gasteiger partial charge < -0.3 is 9.52 Å². The van der Waals surface area contributed by atoms with E-state index >= 15 is 0 Å². The maximum atomic E-state index is 11.1. The average Bonchev–Trinajstić information content (AvgIpc) is 2.69. The molecule has 0 aliphatic carbocycles. The zero-order valence-corrected chi connectivity index (χ0v) is 10.3. The van der Waals surface area contributed by atoms with E-state index in [1.165, 1.54) is 0 Å². The molecule has 0 unspecified atom stereocenters. The topological polar surface area (TPSA) is 62.5 Å². The minimum Gasteiger partial charge on any atom is -0.480 e. The summed E-state index contributed by atoms with van der Waals surface area (Å²) < 4.78 is 5.18. The number of furan rings is 1. The van der Waals surface area contributed by atoms with E-state index < -0.39 is 12.0 Å². The van der Waals surface area contributed by atoms with Crippen molar-refractivity contribution in [2.45, 2.75) is 36.9 Å². The Hall–Kier alpha value is -0.940. The third-order valence-electron chi connectivity index (χ3n) is 2.70. The molecule has 2 rings (SSSR count). The highest BCUT2D eigenvalue weighted by Gasteiger charge is 2.46. The van der Waals surface area contributed by atoms with Crippen LogP contribution in [0, 0.1) is 6.92 Å². The Bertz CT molecular complexity index is 413. The predicted molar refractivity (Wildman–Crippen MR) is 62.4 cm³/mol. The number of carboxylic acids is 1. The first-order valence-electron chi connectivity index (χ1n) is 5.13. The van der Waals surface area contributed by atoms with Gasteiger partial charge >= 0.3 is 5.97 Å². The molecule has 0 radical (unpaired) electrons. The highest BCUT2D eigenvalue weighted by Crippen LogP contribution is 2.45. The second-order valence-electron chi connectivity index (χ2n) is 4.49. The fraction of sp³-hybridized carbons (Fsp3) is 0.545. The molecule has 0 bridgehead atoms. The van der Waals surface area contributed by atoms with Gasteiger partial charge in [0.25, 0.3) is 0 Å². The second kappa shape index (κ2) is 3.82. The van der Waals surface area contributed by atoms with Gasteiger partial charge in [0.15, 0.2) is 0 Å². The number of aliphatic carboxylic acids is 1. The number of hydrogen-bond acceptors (Lipinski definition) is 4. The molecule has 0 spiro atoms. The van der Waals surface area contributed by atoms with E-state index in [-0.39, 0.29) is 10.1 Å². The summed E-state index contributed by atoms with van der Waals surface area (Å²) in [4.78, 5) is 11.1. The molecule has 1 aromatic rings. The van der Waals surface area contributed by atoms with Crippen LogP contribution in [0.1, 0.15) is 30.7 Å². The van der Waals surface area contributed by atoms with Crippen LogP contribution in [-0.2, 0) is 4.79 Å². The van der Waals surface area contributed by atoms with Gasteiger partial charge in [-0.1, -0.05) is 0 Å². The van der Waals surface area contributed by atoms with E-state index in [2.05, 4.69) is 5.32 Å². The number of rotatable bonds is 2.